The molecule has 0 saturated carbocycles. The molecule has 2 aromatic heterocycles. The topological polar surface area (TPSA) is 80.1 Å². The summed E-state index contributed by atoms with van der Waals surface area (Å²) in [7, 11) is 0. The van der Waals surface area contributed by atoms with Crippen molar-refractivity contribution in [1.29, 1.82) is 0 Å². The number of nitrogens with one attached hydrogen (secondary N) is 1. The normalized spacial score (nSPS) is 23.9. The number of halogens is 2. The van der Waals surface area contributed by atoms with Crippen molar-refractivity contribution in [3.8, 4) is 11.3 Å². The Bertz CT molecular complexity index is 1060. The van der Waals surface area contributed by atoms with Gasteiger partial charge < -0.3 is 15.4 Å². The van der Waals surface area contributed by atoms with E-state index in [1.165, 1.54) is 0 Å². The fraction of sp³-hybridized carbons (Fsp3) is 0.429. The van der Waals surface area contributed by atoms with E-state index in [9.17, 15) is 0 Å². The number of anilines is 1. The Labute approximate surface area is 179 Å². The van der Waals surface area contributed by atoms with E-state index in [4.69, 9.17) is 38.7 Å². The Balaban J connectivity index is 1.40. The van der Waals surface area contributed by atoms with Crippen molar-refractivity contribution in [1.82, 2.24) is 15.2 Å². The Morgan fingerprint density at radius 1 is 1.28 bits per heavy atom. The zero-order valence-corrected chi connectivity index (χ0v) is 17.7. The molecule has 29 heavy (non-hydrogen) atoms. The van der Waals surface area contributed by atoms with Crippen LogP contribution in [0, 0.1) is 5.41 Å². The third-order valence-electron chi connectivity index (χ3n) is 6.56. The molecule has 5 rings (SSSR count). The number of aromatic amines is 1. The van der Waals surface area contributed by atoms with Gasteiger partial charge in [-0.15, -0.1) is 0 Å². The quantitative estimate of drug-likeness (QED) is 0.633. The first-order valence-corrected chi connectivity index (χ1v) is 10.6. The minimum Gasteiger partial charge on any atom is -0.376 e. The molecule has 1 aromatic carbocycles. The molecule has 0 radical (unpaired) electrons. The standard InChI is InChI=1S/C21H23Cl2N5O/c1-12-20(24)21(11-29-12)5-7-28(8-6-21)13-9-16-19(25-10-13)18(27-26-16)14-3-2-4-15(22)17(14)23/h2-4,9-10,12,20H,5-8,11,24H2,1H3,(H,26,27)/t12-,20+/m0/s1. The van der Waals surface area contributed by atoms with E-state index in [1.807, 2.05) is 18.3 Å². The number of nitrogens with two attached hydrogens (primary N) is 1. The van der Waals surface area contributed by atoms with Gasteiger partial charge in [-0.3, -0.25) is 10.1 Å². The Morgan fingerprint density at radius 3 is 2.79 bits per heavy atom. The highest BCUT2D eigenvalue weighted by Gasteiger charge is 2.47. The number of hydrogen-bond donors (Lipinski definition) is 2. The molecule has 2 fully saturated rings. The minimum absolute atomic E-state index is 0.109. The van der Waals surface area contributed by atoms with Crippen LogP contribution in [0.2, 0.25) is 10.0 Å². The summed E-state index contributed by atoms with van der Waals surface area (Å²) in [5.41, 5.74) is 10.8. The second-order valence-electron chi connectivity index (χ2n) is 8.15. The van der Waals surface area contributed by atoms with E-state index in [2.05, 4.69) is 28.1 Å². The lowest BCUT2D eigenvalue weighted by molar-refractivity contribution is 0.0974. The fourth-order valence-corrected chi connectivity index (χ4v) is 5.02. The highest BCUT2D eigenvalue weighted by Crippen LogP contribution is 2.42. The first-order valence-electron chi connectivity index (χ1n) is 9.89. The van der Waals surface area contributed by atoms with Gasteiger partial charge in [-0.2, -0.15) is 5.10 Å². The summed E-state index contributed by atoms with van der Waals surface area (Å²) in [6, 6.07) is 7.74. The zero-order chi connectivity index (χ0) is 20.2. The molecule has 0 unspecified atom stereocenters. The summed E-state index contributed by atoms with van der Waals surface area (Å²) in [6.45, 7) is 4.73. The van der Waals surface area contributed by atoms with E-state index in [-0.39, 0.29) is 17.6 Å². The molecule has 0 bridgehead atoms. The van der Waals surface area contributed by atoms with Crippen molar-refractivity contribution in [2.24, 2.45) is 11.1 Å². The number of benzene rings is 1. The van der Waals surface area contributed by atoms with E-state index in [1.54, 1.807) is 6.07 Å². The molecular formula is C21H23Cl2N5O. The van der Waals surface area contributed by atoms with Gasteiger partial charge in [0, 0.05) is 30.1 Å². The number of H-pyrrole nitrogens is 1. The van der Waals surface area contributed by atoms with Gasteiger partial charge in [0.05, 0.1) is 40.2 Å². The molecule has 6 nitrogen and oxygen atoms in total. The molecule has 2 saturated heterocycles. The van der Waals surface area contributed by atoms with Crippen molar-refractivity contribution in [2.75, 3.05) is 24.6 Å². The van der Waals surface area contributed by atoms with Crippen LogP contribution in [-0.2, 0) is 4.74 Å². The number of hydrogen-bond acceptors (Lipinski definition) is 5. The van der Waals surface area contributed by atoms with Crippen LogP contribution in [0.1, 0.15) is 19.8 Å². The summed E-state index contributed by atoms with van der Waals surface area (Å²) < 4.78 is 5.83. The number of piperidine rings is 1. The maximum atomic E-state index is 6.44. The number of ether oxygens (including phenoxy) is 1. The lowest BCUT2D eigenvalue weighted by Gasteiger charge is -2.42. The Hall–Kier alpha value is -1.86. The smallest absolute Gasteiger partial charge is 0.120 e. The van der Waals surface area contributed by atoms with E-state index < -0.39 is 0 Å². The number of pyridine rings is 1. The number of rotatable bonds is 2. The third kappa shape index (κ3) is 3.10. The van der Waals surface area contributed by atoms with Gasteiger partial charge in [-0.05, 0) is 31.9 Å². The Kier molecular flexibility index (Phi) is 4.70. The van der Waals surface area contributed by atoms with Crippen LogP contribution >= 0.6 is 23.2 Å². The van der Waals surface area contributed by atoms with Gasteiger partial charge in [0.15, 0.2) is 0 Å². The first kappa shape index (κ1) is 19.1. The molecule has 4 heterocycles. The van der Waals surface area contributed by atoms with Crippen LogP contribution in [-0.4, -0.2) is 47.0 Å². The maximum Gasteiger partial charge on any atom is 0.120 e. The van der Waals surface area contributed by atoms with Crippen molar-refractivity contribution >= 4 is 39.9 Å². The van der Waals surface area contributed by atoms with Crippen molar-refractivity contribution < 1.29 is 4.74 Å². The van der Waals surface area contributed by atoms with Crippen LogP contribution in [0.3, 0.4) is 0 Å². The third-order valence-corrected chi connectivity index (χ3v) is 7.38. The molecule has 3 aromatic rings. The predicted molar refractivity (Wildman–Crippen MR) is 117 cm³/mol. The van der Waals surface area contributed by atoms with E-state index >= 15 is 0 Å². The summed E-state index contributed by atoms with van der Waals surface area (Å²) in [4.78, 5) is 7.05. The summed E-state index contributed by atoms with van der Waals surface area (Å²) in [5.74, 6) is 0. The monoisotopic (exact) mass is 431 g/mol. The van der Waals surface area contributed by atoms with Gasteiger partial charge in [-0.25, -0.2) is 0 Å². The van der Waals surface area contributed by atoms with E-state index in [0.29, 0.717) is 15.7 Å². The molecule has 0 aliphatic carbocycles. The highest BCUT2D eigenvalue weighted by molar-refractivity contribution is 6.43. The summed E-state index contributed by atoms with van der Waals surface area (Å²) in [5, 5.41) is 8.53. The molecule has 152 valence electrons. The van der Waals surface area contributed by atoms with Gasteiger partial charge in [0.25, 0.3) is 0 Å². The van der Waals surface area contributed by atoms with Gasteiger partial charge in [0.1, 0.15) is 11.2 Å². The van der Waals surface area contributed by atoms with Crippen molar-refractivity contribution in [3.63, 3.8) is 0 Å². The molecule has 1 spiro atoms. The van der Waals surface area contributed by atoms with Crippen LogP contribution in [0.15, 0.2) is 30.5 Å². The van der Waals surface area contributed by atoms with Gasteiger partial charge >= 0.3 is 0 Å². The Morgan fingerprint density at radius 2 is 2.07 bits per heavy atom. The first-order chi connectivity index (χ1) is 14.0. The summed E-state index contributed by atoms with van der Waals surface area (Å²) in [6.07, 6.45) is 4.11. The molecule has 3 N–H and O–H groups in total. The average molecular weight is 432 g/mol. The molecule has 0 amide bonds. The highest BCUT2D eigenvalue weighted by atomic mass is 35.5. The molecular weight excluding hydrogens is 409 g/mol. The average Bonchev–Trinajstić information content (AvgIpc) is 3.27. The van der Waals surface area contributed by atoms with Crippen molar-refractivity contribution in [3.05, 3.63) is 40.5 Å². The largest absolute Gasteiger partial charge is 0.376 e. The number of nitrogens with zero attached hydrogens (tertiary/aromatic N) is 3. The molecule has 2 aliphatic heterocycles. The van der Waals surface area contributed by atoms with Gasteiger partial charge in [-0.1, -0.05) is 35.3 Å². The second kappa shape index (κ2) is 7.13. The van der Waals surface area contributed by atoms with Crippen molar-refractivity contribution in [2.45, 2.75) is 31.9 Å². The zero-order valence-electron chi connectivity index (χ0n) is 16.2. The molecule has 2 aliphatic rings. The number of aromatic nitrogens is 3. The molecule has 2 atom stereocenters. The van der Waals surface area contributed by atoms with E-state index in [0.717, 1.165) is 54.8 Å². The second-order valence-corrected chi connectivity index (χ2v) is 8.94. The minimum atomic E-state index is 0.109. The lowest BCUT2D eigenvalue weighted by Crippen LogP contribution is -2.50. The van der Waals surface area contributed by atoms with Crippen LogP contribution in [0.5, 0.6) is 0 Å². The molecule has 8 heteroatoms. The predicted octanol–water partition coefficient (Wildman–Crippen LogP) is 4.26. The summed E-state index contributed by atoms with van der Waals surface area (Å²) >= 11 is 12.5. The van der Waals surface area contributed by atoms with Gasteiger partial charge in [0.2, 0.25) is 0 Å². The van der Waals surface area contributed by atoms with Crippen LogP contribution in [0.4, 0.5) is 5.69 Å². The van der Waals surface area contributed by atoms with Crippen LogP contribution in [0.25, 0.3) is 22.3 Å². The number of fused-ring (bicyclic) bond motifs is 1. The fourth-order valence-electron chi connectivity index (χ4n) is 4.63. The van der Waals surface area contributed by atoms with Crippen LogP contribution < -0.4 is 10.6 Å². The SMILES string of the molecule is C[C@@H]1OCC2(CCN(c3cnc4c(-c5cccc(Cl)c5Cl)n[nH]c4c3)CC2)[C@@H]1N. The maximum absolute atomic E-state index is 6.44. The lowest BCUT2D eigenvalue weighted by atomic mass is 9.73.